The Labute approximate surface area is 237 Å². The maximum Gasteiger partial charge on any atom is 0.305 e. The van der Waals surface area contributed by atoms with Gasteiger partial charge in [-0.2, -0.15) is 0 Å². The summed E-state index contributed by atoms with van der Waals surface area (Å²) in [5, 5.41) is 70.3. The van der Waals surface area contributed by atoms with Gasteiger partial charge in [-0.25, -0.2) is 0 Å². The van der Waals surface area contributed by atoms with Crippen molar-refractivity contribution < 1.29 is 59.5 Å². The lowest BCUT2D eigenvalue weighted by atomic mass is 9.99. The lowest BCUT2D eigenvalue weighted by Crippen LogP contribution is -2.62. The third-order valence-corrected chi connectivity index (χ3v) is 7.77. The van der Waals surface area contributed by atoms with Crippen LogP contribution in [0.2, 0.25) is 0 Å². The fraction of sp³-hybridized carbons (Fsp3) is 0.964. The Hall–Kier alpha value is -0.930. The van der Waals surface area contributed by atoms with E-state index in [9.17, 15) is 40.5 Å². The second kappa shape index (κ2) is 18.6. The molecule has 2 heterocycles. The zero-order valence-electron chi connectivity index (χ0n) is 23.8. The summed E-state index contributed by atoms with van der Waals surface area (Å²) < 4.78 is 21.8. The van der Waals surface area contributed by atoms with E-state index < -0.39 is 80.6 Å². The number of hydrogen-bond acceptors (Lipinski definition) is 12. The van der Waals surface area contributed by atoms with Gasteiger partial charge in [-0.05, 0) is 6.42 Å². The molecule has 40 heavy (non-hydrogen) atoms. The van der Waals surface area contributed by atoms with Crippen molar-refractivity contribution in [3.05, 3.63) is 0 Å². The lowest BCUT2D eigenvalue weighted by Gasteiger charge is -2.43. The summed E-state index contributed by atoms with van der Waals surface area (Å²) in [6, 6.07) is 0. The molecule has 7 N–H and O–H groups in total. The number of esters is 1. The van der Waals surface area contributed by atoms with Crippen molar-refractivity contribution in [2.24, 2.45) is 0 Å². The highest BCUT2D eigenvalue weighted by molar-refractivity contribution is 5.69. The third-order valence-electron chi connectivity index (χ3n) is 7.77. The predicted octanol–water partition coefficient (Wildman–Crippen LogP) is 0.637. The van der Waals surface area contributed by atoms with Crippen molar-refractivity contribution in [3.8, 4) is 0 Å². The van der Waals surface area contributed by atoms with Gasteiger partial charge in [0.15, 0.2) is 6.29 Å². The number of ether oxygens (including phenoxy) is 4. The van der Waals surface area contributed by atoms with Crippen LogP contribution < -0.4 is 0 Å². The molecule has 2 fully saturated rings. The summed E-state index contributed by atoms with van der Waals surface area (Å²) in [5.74, 6) is -2.83. The summed E-state index contributed by atoms with van der Waals surface area (Å²) in [6.45, 7) is 0.122. The summed E-state index contributed by atoms with van der Waals surface area (Å²) in [7, 11) is 0. The average molecular weight is 581 g/mol. The van der Waals surface area contributed by atoms with Crippen molar-refractivity contribution in [2.45, 2.75) is 152 Å². The first-order valence-corrected chi connectivity index (χ1v) is 15.0. The van der Waals surface area contributed by atoms with E-state index in [0.29, 0.717) is 6.42 Å². The maximum absolute atomic E-state index is 12.4. The van der Waals surface area contributed by atoms with Crippen LogP contribution in [-0.4, -0.2) is 116 Å². The molecule has 0 aromatic heterocycles. The number of carbonyl (C=O) groups excluding carboxylic acids is 1. The van der Waals surface area contributed by atoms with Gasteiger partial charge >= 0.3 is 5.97 Å². The normalized spacial score (nSPS) is 34.3. The van der Waals surface area contributed by atoms with Gasteiger partial charge in [0.25, 0.3) is 0 Å². The van der Waals surface area contributed by atoms with Crippen LogP contribution in [0.25, 0.3) is 0 Å². The number of aliphatic hydroxyl groups excluding tert-OH is 7. The lowest BCUT2D eigenvalue weighted by molar-refractivity contribution is -0.383. The standard InChI is InChI=1S/C28H52O12/c1-2-3-4-5-6-7-8-9-10-11-12-13-14-15-21(31)37-18-28(26(36)23(33)20(17-30)39-28)40-27-25(35)24(34)22(32)19(16-29)38-27/h19-20,22-27,29-30,32-36H,2-18H2,1H3/t19-,20-,22-,23-,24+,25-,26+,27-,28+/m1/s1. The van der Waals surface area contributed by atoms with E-state index in [1.54, 1.807) is 0 Å². The molecule has 2 aliphatic rings. The van der Waals surface area contributed by atoms with E-state index in [-0.39, 0.29) is 6.42 Å². The molecule has 0 aliphatic carbocycles. The number of unbranched alkanes of at least 4 members (excludes halogenated alkanes) is 12. The molecule has 0 aromatic rings. The minimum atomic E-state index is -2.24. The smallest absolute Gasteiger partial charge is 0.305 e. The van der Waals surface area contributed by atoms with Crippen molar-refractivity contribution in [2.75, 3.05) is 19.8 Å². The minimum Gasteiger partial charge on any atom is -0.460 e. The van der Waals surface area contributed by atoms with Crippen molar-refractivity contribution in [1.82, 2.24) is 0 Å². The quantitative estimate of drug-likeness (QED) is 0.0785. The molecule has 0 saturated carbocycles. The van der Waals surface area contributed by atoms with Crippen LogP contribution in [0.3, 0.4) is 0 Å². The topological polar surface area (TPSA) is 196 Å². The van der Waals surface area contributed by atoms with E-state index in [4.69, 9.17) is 18.9 Å². The zero-order valence-corrected chi connectivity index (χ0v) is 23.8. The highest BCUT2D eigenvalue weighted by Crippen LogP contribution is 2.36. The molecule has 2 rings (SSSR count). The molecule has 0 bridgehead atoms. The van der Waals surface area contributed by atoms with Gasteiger partial charge in [0.1, 0.15) is 49.3 Å². The molecular weight excluding hydrogens is 528 g/mol. The van der Waals surface area contributed by atoms with Crippen LogP contribution in [0.1, 0.15) is 96.8 Å². The molecule has 0 radical (unpaired) electrons. The van der Waals surface area contributed by atoms with Crippen LogP contribution >= 0.6 is 0 Å². The summed E-state index contributed by atoms with van der Waals surface area (Å²) >= 11 is 0. The van der Waals surface area contributed by atoms with E-state index >= 15 is 0 Å². The first-order valence-electron chi connectivity index (χ1n) is 15.0. The largest absolute Gasteiger partial charge is 0.460 e. The second-order valence-corrected chi connectivity index (χ2v) is 11.1. The molecule has 0 unspecified atom stereocenters. The van der Waals surface area contributed by atoms with E-state index in [1.165, 1.54) is 57.8 Å². The number of rotatable bonds is 20. The SMILES string of the molecule is CCCCCCCCCCCCCCCC(=O)OC[C@@]1(O[C@H]2O[C@H](CO)[C@@H](O)[C@H](O)[C@H]2O)O[C@H](CO)[C@@H](O)[C@@H]1O. The molecule has 0 spiro atoms. The van der Waals surface area contributed by atoms with E-state index in [1.807, 2.05) is 0 Å². The van der Waals surface area contributed by atoms with Gasteiger partial charge in [-0.3, -0.25) is 4.79 Å². The monoisotopic (exact) mass is 580 g/mol. The Bertz CT molecular complexity index is 694. The van der Waals surface area contributed by atoms with Crippen LogP contribution in [0.4, 0.5) is 0 Å². The number of hydrogen-bond donors (Lipinski definition) is 7. The van der Waals surface area contributed by atoms with Gasteiger partial charge in [-0.1, -0.05) is 84.0 Å². The molecular formula is C28H52O12. The first kappa shape index (κ1) is 35.3. The van der Waals surface area contributed by atoms with Crippen LogP contribution in [0.15, 0.2) is 0 Å². The fourth-order valence-electron chi connectivity index (χ4n) is 5.16. The molecule has 236 valence electrons. The predicted molar refractivity (Wildman–Crippen MR) is 143 cm³/mol. The van der Waals surface area contributed by atoms with E-state index in [0.717, 1.165) is 19.3 Å². The van der Waals surface area contributed by atoms with Gasteiger partial charge in [0.05, 0.1) is 13.2 Å². The fourth-order valence-corrected chi connectivity index (χ4v) is 5.16. The molecule has 2 saturated heterocycles. The molecule has 2 aliphatic heterocycles. The third kappa shape index (κ3) is 10.4. The van der Waals surface area contributed by atoms with Gasteiger partial charge in [0.2, 0.25) is 5.79 Å². The summed E-state index contributed by atoms with van der Waals surface area (Å²) in [5.41, 5.74) is 0. The summed E-state index contributed by atoms with van der Waals surface area (Å²) in [6.07, 6.45) is 2.32. The van der Waals surface area contributed by atoms with E-state index in [2.05, 4.69) is 6.92 Å². The number of carbonyl (C=O) groups is 1. The zero-order chi connectivity index (χ0) is 29.5. The van der Waals surface area contributed by atoms with Crippen molar-refractivity contribution >= 4 is 5.97 Å². The Balaban J connectivity index is 1.76. The second-order valence-electron chi connectivity index (χ2n) is 11.1. The highest BCUT2D eigenvalue weighted by atomic mass is 16.8. The summed E-state index contributed by atoms with van der Waals surface area (Å²) in [4.78, 5) is 12.4. The Kier molecular flexibility index (Phi) is 16.4. The molecule has 12 nitrogen and oxygen atoms in total. The van der Waals surface area contributed by atoms with Gasteiger partial charge in [-0.15, -0.1) is 0 Å². The number of aliphatic hydroxyl groups is 7. The van der Waals surface area contributed by atoms with Crippen LogP contribution in [-0.2, 0) is 23.7 Å². The van der Waals surface area contributed by atoms with Crippen LogP contribution in [0.5, 0.6) is 0 Å². The van der Waals surface area contributed by atoms with Gasteiger partial charge in [0, 0.05) is 6.42 Å². The highest BCUT2D eigenvalue weighted by Gasteiger charge is 2.59. The average Bonchev–Trinajstić information content (AvgIpc) is 3.19. The molecule has 0 aromatic carbocycles. The first-order chi connectivity index (χ1) is 19.2. The Morgan fingerprint density at radius 2 is 1.23 bits per heavy atom. The minimum absolute atomic E-state index is 0.121. The Morgan fingerprint density at radius 1 is 0.700 bits per heavy atom. The van der Waals surface area contributed by atoms with Gasteiger partial charge < -0.3 is 54.7 Å². The molecule has 12 heteroatoms. The molecule has 0 amide bonds. The maximum atomic E-state index is 12.4. The van der Waals surface area contributed by atoms with Crippen LogP contribution in [0, 0.1) is 0 Å². The Morgan fingerprint density at radius 3 is 1.73 bits per heavy atom. The van der Waals surface area contributed by atoms with Crippen molar-refractivity contribution in [1.29, 1.82) is 0 Å². The van der Waals surface area contributed by atoms with Crippen molar-refractivity contribution in [3.63, 3.8) is 0 Å². The molecule has 9 atom stereocenters.